The Hall–Kier alpha value is -3.52. The summed E-state index contributed by atoms with van der Waals surface area (Å²) in [6.07, 6.45) is 1.52. The summed E-state index contributed by atoms with van der Waals surface area (Å²) >= 11 is 1.42. The van der Waals surface area contributed by atoms with Crippen molar-refractivity contribution in [1.29, 1.82) is 0 Å². The summed E-state index contributed by atoms with van der Waals surface area (Å²) in [7, 11) is 0. The zero-order chi connectivity index (χ0) is 24.5. The molecule has 1 aromatic heterocycles. The van der Waals surface area contributed by atoms with Gasteiger partial charge in [-0.05, 0) is 62.1 Å². The van der Waals surface area contributed by atoms with Gasteiger partial charge in [-0.25, -0.2) is 4.79 Å². The van der Waals surface area contributed by atoms with Crippen LogP contribution in [0.5, 0.6) is 11.5 Å². The lowest BCUT2D eigenvalue weighted by Gasteiger charge is -2.24. The van der Waals surface area contributed by atoms with Crippen molar-refractivity contribution in [2.45, 2.75) is 39.7 Å². The quantitative estimate of drug-likeness (QED) is 0.471. The lowest BCUT2D eigenvalue weighted by atomic mass is 10.1. The van der Waals surface area contributed by atoms with Crippen molar-refractivity contribution in [2.75, 3.05) is 30.2 Å². The molecule has 0 aliphatic carbocycles. The molecule has 1 N–H and O–H groups in total. The van der Waals surface area contributed by atoms with E-state index < -0.39 is 5.97 Å². The van der Waals surface area contributed by atoms with E-state index in [2.05, 4.69) is 29.3 Å². The summed E-state index contributed by atoms with van der Waals surface area (Å²) in [5, 5.41) is 3.54. The van der Waals surface area contributed by atoms with Crippen LogP contribution in [0.4, 0.5) is 10.7 Å². The molecule has 2 aliphatic heterocycles. The van der Waals surface area contributed by atoms with Crippen LogP contribution in [0.1, 0.15) is 45.8 Å². The lowest BCUT2D eigenvalue weighted by molar-refractivity contribution is -0.115. The zero-order valence-corrected chi connectivity index (χ0v) is 20.9. The van der Waals surface area contributed by atoms with Gasteiger partial charge >= 0.3 is 5.97 Å². The van der Waals surface area contributed by atoms with Crippen LogP contribution in [0.2, 0.25) is 0 Å². The molecule has 1 atom stereocenters. The second-order valence-electron chi connectivity index (χ2n) is 8.80. The Kier molecular flexibility index (Phi) is 6.38. The second kappa shape index (κ2) is 9.62. The van der Waals surface area contributed by atoms with Gasteiger partial charge in [0.1, 0.15) is 5.00 Å². The minimum Gasteiger partial charge on any atom is -0.462 e. The van der Waals surface area contributed by atoms with Gasteiger partial charge in [0, 0.05) is 23.0 Å². The largest absolute Gasteiger partial charge is 0.462 e. The molecule has 2 aromatic carbocycles. The molecule has 0 fully saturated rings. The predicted molar refractivity (Wildman–Crippen MR) is 136 cm³/mol. The fourth-order valence-corrected chi connectivity index (χ4v) is 5.94. The van der Waals surface area contributed by atoms with Crippen molar-refractivity contribution < 1.29 is 23.8 Å². The third kappa shape index (κ3) is 4.58. The molecular formula is C27H28N2O5S. The summed E-state index contributed by atoms with van der Waals surface area (Å²) in [5.74, 6) is 0.869. The van der Waals surface area contributed by atoms with Crippen LogP contribution in [0.25, 0.3) is 0 Å². The maximum Gasteiger partial charge on any atom is 0.341 e. The van der Waals surface area contributed by atoms with Crippen molar-refractivity contribution in [3.05, 3.63) is 69.6 Å². The van der Waals surface area contributed by atoms with Gasteiger partial charge < -0.3 is 24.4 Å². The van der Waals surface area contributed by atoms with Gasteiger partial charge in [0.25, 0.3) is 0 Å². The topological polar surface area (TPSA) is 77.1 Å². The number of rotatable bonds is 7. The Labute approximate surface area is 208 Å². The third-order valence-electron chi connectivity index (χ3n) is 6.44. The summed E-state index contributed by atoms with van der Waals surface area (Å²) < 4.78 is 16.2. The molecule has 7 nitrogen and oxygen atoms in total. The van der Waals surface area contributed by atoms with Crippen LogP contribution in [-0.2, 0) is 22.4 Å². The summed E-state index contributed by atoms with van der Waals surface area (Å²) in [6.45, 7) is 6.50. The number of carbonyl (C=O) groups excluding carboxylic acids is 2. The maximum atomic E-state index is 13.1. The van der Waals surface area contributed by atoms with Crippen molar-refractivity contribution >= 4 is 33.9 Å². The monoisotopic (exact) mass is 492 g/mol. The van der Waals surface area contributed by atoms with E-state index in [1.807, 2.05) is 37.3 Å². The van der Waals surface area contributed by atoms with E-state index in [-0.39, 0.29) is 31.9 Å². The van der Waals surface area contributed by atoms with E-state index in [1.54, 1.807) is 6.92 Å². The number of fused-ring (bicyclic) bond motifs is 2. The lowest BCUT2D eigenvalue weighted by Crippen LogP contribution is -2.37. The minimum absolute atomic E-state index is 0.157. The highest BCUT2D eigenvalue weighted by Gasteiger charge is 2.29. The molecule has 0 spiro atoms. The molecule has 1 amide bonds. The number of ether oxygens (including phenoxy) is 3. The molecule has 182 valence electrons. The molecule has 35 heavy (non-hydrogen) atoms. The fourth-order valence-electron chi connectivity index (χ4n) is 4.69. The Balaban J connectivity index is 1.38. The van der Waals surface area contributed by atoms with E-state index >= 15 is 0 Å². The number of carbonyl (C=O) groups is 2. The van der Waals surface area contributed by atoms with Gasteiger partial charge in [-0.15, -0.1) is 11.3 Å². The number of anilines is 2. The van der Waals surface area contributed by atoms with Crippen LogP contribution < -0.4 is 19.7 Å². The van der Waals surface area contributed by atoms with Crippen LogP contribution in [0.15, 0.2) is 42.5 Å². The van der Waals surface area contributed by atoms with E-state index in [4.69, 9.17) is 14.2 Å². The SMILES string of the molecule is CCOC(=O)c1c(NC(=O)CN2c3ccccc3C[C@@H]2C)sc(Cc2ccc3c(c2)OCO3)c1C. The number of para-hydroxylation sites is 1. The molecule has 0 radical (unpaired) electrons. The van der Waals surface area contributed by atoms with Crippen molar-refractivity contribution in [3.8, 4) is 11.5 Å². The average Bonchev–Trinajstić information content (AvgIpc) is 3.50. The molecule has 3 aromatic rings. The Morgan fingerprint density at radius 1 is 1.17 bits per heavy atom. The number of thiophene rings is 1. The van der Waals surface area contributed by atoms with Gasteiger partial charge in [-0.2, -0.15) is 0 Å². The molecule has 0 unspecified atom stereocenters. The van der Waals surface area contributed by atoms with Crippen molar-refractivity contribution in [1.82, 2.24) is 0 Å². The normalized spacial score (nSPS) is 15.7. The summed E-state index contributed by atoms with van der Waals surface area (Å²) in [6, 6.07) is 14.2. The van der Waals surface area contributed by atoms with Crippen LogP contribution >= 0.6 is 11.3 Å². The average molecular weight is 493 g/mol. The Morgan fingerprint density at radius 3 is 2.80 bits per heavy atom. The van der Waals surface area contributed by atoms with E-state index in [0.717, 1.165) is 39.6 Å². The predicted octanol–water partition coefficient (Wildman–Crippen LogP) is 4.94. The highest BCUT2D eigenvalue weighted by molar-refractivity contribution is 7.17. The first-order chi connectivity index (χ1) is 16.9. The Morgan fingerprint density at radius 2 is 1.97 bits per heavy atom. The minimum atomic E-state index is -0.423. The summed E-state index contributed by atoms with van der Waals surface area (Å²) in [5.41, 5.74) is 4.62. The number of benzene rings is 2. The number of nitrogens with one attached hydrogen (secondary N) is 1. The first-order valence-electron chi connectivity index (χ1n) is 11.8. The number of hydrogen-bond acceptors (Lipinski definition) is 7. The molecule has 5 rings (SSSR count). The number of amides is 1. The van der Waals surface area contributed by atoms with Gasteiger partial charge in [-0.1, -0.05) is 24.3 Å². The number of nitrogens with zero attached hydrogens (tertiary/aromatic N) is 1. The van der Waals surface area contributed by atoms with Crippen molar-refractivity contribution in [3.63, 3.8) is 0 Å². The van der Waals surface area contributed by atoms with Crippen molar-refractivity contribution in [2.24, 2.45) is 0 Å². The van der Waals surface area contributed by atoms with Crippen LogP contribution in [0.3, 0.4) is 0 Å². The van der Waals surface area contributed by atoms with Gasteiger partial charge in [0.05, 0.1) is 18.7 Å². The number of hydrogen-bond donors (Lipinski definition) is 1. The standard InChI is InChI=1S/C27H28N2O5S/c1-4-32-27(31)25-17(3)23(13-18-9-10-21-22(12-18)34-15-33-21)35-26(25)28-24(30)14-29-16(2)11-19-7-5-6-8-20(19)29/h5-10,12,16H,4,11,13-15H2,1-3H3,(H,28,30)/t16-/m0/s1. The second-order valence-corrected chi connectivity index (χ2v) is 9.90. The maximum absolute atomic E-state index is 13.1. The first-order valence-corrected chi connectivity index (χ1v) is 12.6. The Bertz CT molecular complexity index is 1280. The van der Waals surface area contributed by atoms with E-state index in [0.29, 0.717) is 17.0 Å². The van der Waals surface area contributed by atoms with Gasteiger partial charge in [0.2, 0.25) is 12.7 Å². The molecular weight excluding hydrogens is 464 g/mol. The highest BCUT2D eigenvalue weighted by Crippen LogP contribution is 2.38. The summed E-state index contributed by atoms with van der Waals surface area (Å²) in [4.78, 5) is 29.1. The molecule has 2 aliphatic rings. The van der Waals surface area contributed by atoms with E-state index in [9.17, 15) is 9.59 Å². The highest BCUT2D eigenvalue weighted by atomic mass is 32.1. The fraction of sp³-hybridized carbons (Fsp3) is 0.333. The first kappa shape index (κ1) is 23.2. The number of esters is 1. The molecule has 0 saturated carbocycles. The molecule has 0 saturated heterocycles. The third-order valence-corrected chi connectivity index (χ3v) is 7.65. The van der Waals surface area contributed by atoms with Gasteiger partial charge in [0.15, 0.2) is 11.5 Å². The molecule has 8 heteroatoms. The zero-order valence-electron chi connectivity index (χ0n) is 20.1. The smallest absolute Gasteiger partial charge is 0.341 e. The van der Waals surface area contributed by atoms with Gasteiger partial charge in [-0.3, -0.25) is 4.79 Å². The molecule has 3 heterocycles. The van der Waals surface area contributed by atoms with Crippen LogP contribution in [-0.4, -0.2) is 37.9 Å². The van der Waals surface area contributed by atoms with E-state index in [1.165, 1.54) is 16.9 Å². The van der Waals surface area contributed by atoms with Crippen LogP contribution in [0, 0.1) is 6.92 Å². The molecule has 0 bridgehead atoms.